The second kappa shape index (κ2) is 7.53. The molecule has 0 spiro atoms. The molecule has 0 saturated carbocycles. The van der Waals surface area contributed by atoms with Gasteiger partial charge in [-0.2, -0.15) is 0 Å². The summed E-state index contributed by atoms with van der Waals surface area (Å²) in [7, 11) is 3.20. The lowest BCUT2D eigenvalue weighted by Gasteiger charge is -2.12. The van der Waals surface area contributed by atoms with Crippen LogP contribution >= 0.6 is 0 Å². The summed E-state index contributed by atoms with van der Waals surface area (Å²) in [6, 6.07) is 0. The summed E-state index contributed by atoms with van der Waals surface area (Å²) in [5.74, 6) is -0.101. The second-order valence-corrected chi connectivity index (χ2v) is 3.08. The third kappa shape index (κ3) is 5.72. The van der Waals surface area contributed by atoms with Crippen molar-refractivity contribution in [1.29, 1.82) is 0 Å². The number of amides is 1. The molecule has 0 aliphatic rings. The van der Waals surface area contributed by atoms with Crippen LogP contribution in [0, 0.1) is 0 Å². The molecule has 0 saturated heterocycles. The summed E-state index contributed by atoms with van der Waals surface area (Å²) >= 11 is 0. The smallest absolute Gasteiger partial charge is 0.246 e. The van der Waals surface area contributed by atoms with E-state index in [2.05, 4.69) is 11.9 Å². The third-order valence-corrected chi connectivity index (χ3v) is 1.82. The quantitative estimate of drug-likeness (QED) is 0.381. The summed E-state index contributed by atoms with van der Waals surface area (Å²) < 4.78 is 10.0. The highest BCUT2D eigenvalue weighted by Crippen LogP contribution is 2.00. The SMILES string of the molecule is C=C(C)C(=O)NCCCC(OC)OC. The van der Waals surface area contributed by atoms with Crippen LogP contribution in [-0.4, -0.2) is 33.0 Å². The Kier molecular flexibility index (Phi) is 7.06. The molecule has 82 valence electrons. The van der Waals surface area contributed by atoms with Gasteiger partial charge in [0.25, 0.3) is 0 Å². The van der Waals surface area contributed by atoms with E-state index >= 15 is 0 Å². The van der Waals surface area contributed by atoms with E-state index in [1.54, 1.807) is 21.1 Å². The van der Waals surface area contributed by atoms with Gasteiger partial charge in [-0.3, -0.25) is 4.79 Å². The topological polar surface area (TPSA) is 47.6 Å². The maximum absolute atomic E-state index is 11.1. The minimum absolute atomic E-state index is 0.101. The maximum atomic E-state index is 11.1. The second-order valence-electron chi connectivity index (χ2n) is 3.08. The first-order chi connectivity index (χ1) is 6.61. The molecule has 0 aromatic heterocycles. The first-order valence-electron chi connectivity index (χ1n) is 4.61. The molecule has 0 atom stereocenters. The van der Waals surface area contributed by atoms with Crippen molar-refractivity contribution < 1.29 is 14.3 Å². The van der Waals surface area contributed by atoms with Crippen LogP contribution in [0.2, 0.25) is 0 Å². The minimum atomic E-state index is -0.184. The average Bonchev–Trinajstić information content (AvgIpc) is 2.17. The molecule has 0 aliphatic heterocycles. The normalized spacial score (nSPS) is 10.3. The molecule has 0 heterocycles. The van der Waals surface area contributed by atoms with Crippen molar-refractivity contribution in [3.8, 4) is 0 Å². The highest BCUT2D eigenvalue weighted by Gasteiger charge is 2.05. The van der Waals surface area contributed by atoms with Crippen LogP contribution < -0.4 is 5.32 Å². The number of carbonyl (C=O) groups excluding carboxylic acids is 1. The molecule has 0 bridgehead atoms. The lowest BCUT2D eigenvalue weighted by Crippen LogP contribution is -2.26. The molecule has 14 heavy (non-hydrogen) atoms. The molecule has 0 unspecified atom stereocenters. The van der Waals surface area contributed by atoms with Gasteiger partial charge in [0.15, 0.2) is 6.29 Å². The van der Waals surface area contributed by atoms with Crippen molar-refractivity contribution in [2.45, 2.75) is 26.1 Å². The van der Waals surface area contributed by atoms with Crippen LogP contribution in [0.15, 0.2) is 12.2 Å². The van der Waals surface area contributed by atoms with Gasteiger partial charge >= 0.3 is 0 Å². The van der Waals surface area contributed by atoms with Crippen LogP contribution in [0.1, 0.15) is 19.8 Å². The summed E-state index contributed by atoms with van der Waals surface area (Å²) in [4.78, 5) is 11.1. The van der Waals surface area contributed by atoms with Crippen molar-refractivity contribution in [1.82, 2.24) is 5.32 Å². The zero-order valence-corrected chi connectivity index (χ0v) is 9.13. The van der Waals surface area contributed by atoms with Gasteiger partial charge in [0.2, 0.25) is 5.91 Å². The molecule has 0 rings (SSSR count). The van der Waals surface area contributed by atoms with Crippen LogP contribution in [0.4, 0.5) is 0 Å². The Morgan fingerprint density at radius 2 is 2.00 bits per heavy atom. The number of hydrogen-bond acceptors (Lipinski definition) is 3. The van der Waals surface area contributed by atoms with E-state index in [9.17, 15) is 4.79 Å². The Hall–Kier alpha value is -0.870. The largest absolute Gasteiger partial charge is 0.356 e. The predicted octanol–water partition coefficient (Wildman–Crippen LogP) is 1.08. The summed E-state index contributed by atoms with van der Waals surface area (Å²) in [6.45, 7) is 5.84. The van der Waals surface area contributed by atoms with Crippen LogP contribution in [0.25, 0.3) is 0 Å². The van der Waals surface area contributed by atoms with Crippen molar-refractivity contribution in [2.75, 3.05) is 20.8 Å². The molecule has 0 radical (unpaired) electrons. The Morgan fingerprint density at radius 3 is 2.43 bits per heavy atom. The predicted molar refractivity (Wildman–Crippen MR) is 54.9 cm³/mol. The van der Waals surface area contributed by atoms with Gasteiger partial charge in [-0.15, -0.1) is 0 Å². The summed E-state index contributed by atoms with van der Waals surface area (Å²) in [5.41, 5.74) is 0.528. The number of carbonyl (C=O) groups is 1. The Morgan fingerprint density at radius 1 is 1.43 bits per heavy atom. The molecular formula is C10H19NO3. The van der Waals surface area contributed by atoms with Crippen LogP contribution in [0.5, 0.6) is 0 Å². The van der Waals surface area contributed by atoms with Crippen molar-refractivity contribution >= 4 is 5.91 Å². The summed E-state index contributed by atoms with van der Waals surface area (Å²) in [6.07, 6.45) is 1.41. The first kappa shape index (κ1) is 13.1. The summed E-state index contributed by atoms with van der Waals surface area (Å²) in [5, 5.41) is 2.74. The van der Waals surface area contributed by atoms with Gasteiger partial charge in [-0.25, -0.2) is 0 Å². The van der Waals surface area contributed by atoms with Gasteiger partial charge < -0.3 is 14.8 Å². The Bertz CT molecular complexity index is 188. The lowest BCUT2D eigenvalue weighted by atomic mass is 10.3. The highest BCUT2D eigenvalue weighted by atomic mass is 16.7. The van der Waals surface area contributed by atoms with Crippen molar-refractivity contribution in [3.63, 3.8) is 0 Å². The average molecular weight is 201 g/mol. The molecule has 0 aromatic rings. The first-order valence-corrected chi connectivity index (χ1v) is 4.61. The van der Waals surface area contributed by atoms with E-state index in [4.69, 9.17) is 9.47 Å². The Balaban J connectivity index is 3.46. The van der Waals surface area contributed by atoms with Gasteiger partial charge in [-0.1, -0.05) is 6.58 Å². The molecule has 4 heteroatoms. The molecule has 0 aromatic carbocycles. The third-order valence-electron chi connectivity index (χ3n) is 1.82. The number of ether oxygens (including phenoxy) is 2. The van der Waals surface area contributed by atoms with Crippen molar-refractivity contribution in [3.05, 3.63) is 12.2 Å². The number of nitrogens with one attached hydrogen (secondary N) is 1. The highest BCUT2D eigenvalue weighted by molar-refractivity contribution is 5.91. The fourth-order valence-corrected chi connectivity index (χ4v) is 0.953. The van der Waals surface area contributed by atoms with Crippen LogP contribution in [0.3, 0.4) is 0 Å². The minimum Gasteiger partial charge on any atom is -0.356 e. The van der Waals surface area contributed by atoms with E-state index in [1.807, 2.05) is 0 Å². The van der Waals surface area contributed by atoms with E-state index in [0.717, 1.165) is 12.8 Å². The molecule has 0 aliphatic carbocycles. The fraction of sp³-hybridized carbons (Fsp3) is 0.700. The molecular weight excluding hydrogens is 182 g/mol. The fourth-order valence-electron chi connectivity index (χ4n) is 0.953. The van der Waals surface area contributed by atoms with Gasteiger partial charge in [0.1, 0.15) is 0 Å². The Labute approximate surface area is 85.3 Å². The van der Waals surface area contributed by atoms with Gasteiger partial charge in [0.05, 0.1) is 0 Å². The molecule has 4 nitrogen and oxygen atoms in total. The van der Waals surface area contributed by atoms with Crippen LogP contribution in [-0.2, 0) is 14.3 Å². The van der Waals surface area contributed by atoms with Gasteiger partial charge in [0, 0.05) is 32.8 Å². The zero-order chi connectivity index (χ0) is 11.0. The van der Waals surface area contributed by atoms with E-state index in [-0.39, 0.29) is 12.2 Å². The number of rotatable bonds is 7. The van der Waals surface area contributed by atoms with E-state index in [0.29, 0.717) is 12.1 Å². The molecule has 0 fully saturated rings. The standard InChI is InChI=1S/C10H19NO3/c1-8(2)10(12)11-7-5-6-9(13-3)14-4/h9H,1,5-7H2,2-4H3,(H,11,12). The molecule has 1 amide bonds. The molecule has 1 N–H and O–H groups in total. The van der Waals surface area contributed by atoms with E-state index in [1.165, 1.54) is 0 Å². The monoisotopic (exact) mass is 201 g/mol. The maximum Gasteiger partial charge on any atom is 0.246 e. The van der Waals surface area contributed by atoms with E-state index < -0.39 is 0 Å². The number of hydrogen-bond donors (Lipinski definition) is 1. The number of methoxy groups -OCH3 is 2. The lowest BCUT2D eigenvalue weighted by molar-refractivity contribution is -0.118. The van der Waals surface area contributed by atoms with Gasteiger partial charge in [-0.05, 0) is 13.3 Å². The zero-order valence-electron chi connectivity index (χ0n) is 9.13. The van der Waals surface area contributed by atoms with Crippen molar-refractivity contribution in [2.24, 2.45) is 0 Å².